The van der Waals surface area contributed by atoms with Crippen LogP contribution >= 0.6 is 11.6 Å². The number of aliphatic hydroxyl groups is 1. The zero-order valence-corrected chi connectivity index (χ0v) is 12.4. The molecule has 0 aliphatic carbocycles. The van der Waals surface area contributed by atoms with E-state index in [1.165, 1.54) is 0 Å². The molecule has 2 N–H and O–H groups in total. The van der Waals surface area contributed by atoms with Crippen molar-refractivity contribution in [2.45, 2.75) is 38.3 Å². The van der Waals surface area contributed by atoms with Crippen molar-refractivity contribution in [3.05, 3.63) is 29.3 Å². The number of carbonyl (C=O) groups is 1. The number of likely N-dealkylation sites (tertiary alicyclic amines) is 1. The van der Waals surface area contributed by atoms with E-state index in [0.29, 0.717) is 17.6 Å². The number of hydrogen-bond donors (Lipinski definition) is 2. The van der Waals surface area contributed by atoms with Gasteiger partial charge in [-0.1, -0.05) is 11.6 Å². The average Bonchev–Trinajstić information content (AvgIpc) is 2.78. The SMILES string of the molecule is CC(O)CC1CCCN1CC(=O)Nc1ccc(Cl)cc1. The highest BCUT2D eigenvalue weighted by atomic mass is 35.5. The van der Waals surface area contributed by atoms with Crippen LogP contribution in [0.2, 0.25) is 5.02 Å². The van der Waals surface area contributed by atoms with Gasteiger partial charge < -0.3 is 10.4 Å². The third-order valence-electron chi connectivity index (χ3n) is 3.59. The Labute approximate surface area is 124 Å². The molecule has 0 saturated carbocycles. The van der Waals surface area contributed by atoms with Crippen molar-refractivity contribution in [1.29, 1.82) is 0 Å². The number of amides is 1. The Morgan fingerprint density at radius 2 is 2.20 bits per heavy atom. The minimum absolute atomic E-state index is 0.0233. The Morgan fingerprint density at radius 3 is 2.85 bits per heavy atom. The minimum Gasteiger partial charge on any atom is -0.393 e. The van der Waals surface area contributed by atoms with Gasteiger partial charge in [-0.05, 0) is 57.0 Å². The summed E-state index contributed by atoms with van der Waals surface area (Å²) in [5, 5.41) is 13.0. The number of hydrogen-bond acceptors (Lipinski definition) is 3. The second-order valence-corrected chi connectivity index (χ2v) is 5.84. The number of nitrogens with zero attached hydrogens (tertiary/aromatic N) is 1. The van der Waals surface area contributed by atoms with E-state index < -0.39 is 0 Å². The third kappa shape index (κ3) is 4.47. The van der Waals surface area contributed by atoms with E-state index in [0.717, 1.165) is 31.5 Å². The normalized spacial score (nSPS) is 20.9. The number of benzene rings is 1. The van der Waals surface area contributed by atoms with Gasteiger partial charge in [0.05, 0.1) is 12.6 Å². The van der Waals surface area contributed by atoms with Gasteiger partial charge in [0.15, 0.2) is 0 Å². The highest BCUT2D eigenvalue weighted by Crippen LogP contribution is 2.21. The third-order valence-corrected chi connectivity index (χ3v) is 3.84. The zero-order valence-electron chi connectivity index (χ0n) is 11.7. The molecule has 1 aliphatic heterocycles. The molecule has 1 aromatic carbocycles. The number of nitrogens with one attached hydrogen (secondary N) is 1. The molecule has 0 bridgehead atoms. The predicted octanol–water partition coefficient (Wildman–Crippen LogP) is 2.51. The Bertz CT molecular complexity index is 448. The Morgan fingerprint density at radius 1 is 1.50 bits per heavy atom. The van der Waals surface area contributed by atoms with Crippen LogP contribution in [-0.2, 0) is 4.79 Å². The fourth-order valence-electron chi connectivity index (χ4n) is 2.68. The van der Waals surface area contributed by atoms with Crippen molar-refractivity contribution in [3.63, 3.8) is 0 Å². The molecule has 0 spiro atoms. The molecule has 1 amide bonds. The maximum atomic E-state index is 12.0. The highest BCUT2D eigenvalue weighted by molar-refractivity contribution is 6.30. The summed E-state index contributed by atoms with van der Waals surface area (Å²) in [6.45, 7) is 3.09. The summed E-state index contributed by atoms with van der Waals surface area (Å²) >= 11 is 5.81. The van der Waals surface area contributed by atoms with Gasteiger partial charge in [-0.15, -0.1) is 0 Å². The predicted molar refractivity (Wildman–Crippen MR) is 81.0 cm³/mol. The van der Waals surface area contributed by atoms with Crippen molar-refractivity contribution in [2.75, 3.05) is 18.4 Å². The molecule has 20 heavy (non-hydrogen) atoms. The molecule has 0 aromatic heterocycles. The van der Waals surface area contributed by atoms with Crippen molar-refractivity contribution in [1.82, 2.24) is 4.90 Å². The van der Waals surface area contributed by atoms with Crippen LogP contribution in [0.3, 0.4) is 0 Å². The number of carbonyl (C=O) groups excluding carboxylic acids is 1. The first-order valence-electron chi connectivity index (χ1n) is 7.02. The number of halogens is 1. The summed E-state index contributed by atoms with van der Waals surface area (Å²) in [7, 11) is 0. The molecule has 1 saturated heterocycles. The zero-order chi connectivity index (χ0) is 14.5. The van der Waals surface area contributed by atoms with Gasteiger partial charge in [0.25, 0.3) is 0 Å². The second kappa shape index (κ2) is 7.07. The topological polar surface area (TPSA) is 52.6 Å². The maximum Gasteiger partial charge on any atom is 0.238 e. The molecule has 1 aliphatic rings. The van der Waals surface area contributed by atoms with E-state index in [9.17, 15) is 9.90 Å². The molecule has 2 unspecified atom stereocenters. The Balaban J connectivity index is 1.86. The van der Waals surface area contributed by atoms with E-state index in [1.54, 1.807) is 31.2 Å². The molecule has 2 rings (SSSR count). The molecule has 110 valence electrons. The lowest BCUT2D eigenvalue weighted by Crippen LogP contribution is -2.38. The molecule has 1 aromatic rings. The first kappa shape index (κ1) is 15.3. The van der Waals surface area contributed by atoms with E-state index in [2.05, 4.69) is 10.2 Å². The van der Waals surface area contributed by atoms with Crippen LogP contribution in [0.5, 0.6) is 0 Å². The highest BCUT2D eigenvalue weighted by Gasteiger charge is 2.27. The van der Waals surface area contributed by atoms with Gasteiger partial charge in [0.2, 0.25) is 5.91 Å². The summed E-state index contributed by atoms with van der Waals surface area (Å²) in [5.41, 5.74) is 0.755. The first-order chi connectivity index (χ1) is 9.54. The maximum absolute atomic E-state index is 12.0. The first-order valence-corrected chi connectivity index (χ1v) is 7.40. The fourth-order valence-corrected chi connectivity index (χ4v) is 2.81. The molecule has 2 atom stereocenters. The van der Waals surface area contributed by atoms with Gasteiger partial charge in [-0.25, -0.2) is 0 Å². The molecular formula is C15H21ClN2O2. The van der Waals surface area contributed by atoms with Gasteiger partial charge in [-0.2, -0.15) is 0 Å². The number of aliphatic hydroxyl groups excluding tert-OH is 1. The van der Waals surface area contributed by atoms with Crippen molar-refractivity contribution < 1.29 is 9.90 Å². The van der Waals surface area contributed by atoms with Gasteiger partial charge in [0, 0.05) is 16.8 Å². The van der Waals surface area contributed by atoms with Crippen LogP contribution in [0, 0.1) is 0 Å². The molecule has 4 nitrogen and oxygen atoms in total. The lowest BCUT2D eigenvalue weighted by atomic mass is 10.1. The Hall–Kier alpha value is -1.10. The largest absolute Gasteiger partial charge is 0.393 e. The van der Waals surface area contributed by atoms with Crippen LogP contribution < -0.4 is 5.32 Å². The van der Waals surface area contributed by atoms with E-state index in [-0.39, 0.29) is 12.0 Å². The molecule has 5 heteroatoms. The van der Waals surface area contributed by atoms with Crippen LogP contribution in [0.1, 0.15) is 26.2 Å². The average molecular weight is 297 g/mol. The summed E-state index contributed by atoms with van der Waals surface area (Å²) in [4.78, 5) is 14.2. The van der Waals surface area contributed by atoms with Crippen LogP contribution in [0.15, 0.2) is 24.3 Å². The number of anilines is 1. The fraction of sp³-hybridized carbons (Fsp3) is 0.533. The van der Waals surface area contributed by atoms with Gasteiger partial charge in [0.1, 0.15) is 0 Å². The van der Waals surface area contributed by atoms with Crippen LogP contribution in [0.25, 0.3) is 0 Å². The minimum atomic E-state index is -0.320. The lowest BCUT2D eigenvalue weighted by molar-refractivity contribution is -0.117. The monoisotopic (exact) mass is 296 g/mol. The molecule has 1 heterocycles. The van der Waals surface area contributed by atoms with E-state index in [4.69, 9.17) is 11.6 Å². The summed E-state index contributed by atoms with van der Waals surface area (Å²) in [6, 6.07) is 7.40. The summed E-state index contributed by atoms with van der Waals surface area (Å²) in [5.74, 6) is -0.0233. The van der Waals surface area contributed by atoms with Crippen LogP contribution in [-0.4, -0.2) is 41.1 Å². The molecule has 1 fully saturated rings. The van der Waals surface area contributed by atoms with Crippen LogP contribution in [0.4, 0.5) is 5.69 Å². The standard InChI is InChI=1S/C15H21ClN2O2/c1-11(19)9-14-3-2-8-18(14)10-15(20)17-13-6-4-12(16)5-7-13/h4-7,11,14,19H,2-3,8-10H2,1H3,(H,17,20). The summed E-state index contributed by atoms with van der Waals surface area (Å²) in [6.07, 6.45) is 2.55. The van der Waals surface area contributed by atoms with Crippen molar-refractivity contribution in [3.8, 4) is 0 Å². The molecular weight excluding hydrogens is 276 g/mol. The Kier molecular flexibility index (Phi) is 5.40. The smallest absolute Gasteiger partial charge is 0.238 e. The quantitative estimate of drug-likeness (QED) is 0.878. The van der Waals surface area contributed by atoms with Crippen molar-refractivity contribution in [2.24, 2.45) is 0 Å². The number of rotatable bonds is 5. The van der Waals surface area contributed by atoms with Crippen molar-refractivity contribution >= 4 is 23.2 Å². The van der Waals surface area contributed by atoms with E-state index >= 15 is 0 Å². The van der Waals surface area contributed by atoms with E-state index in [1.807, 2.05) is 0 Å². The summed E-state index contributed by atoms with van der Waals surface area (Å²) < 4.78 is 0. The molecule has 0 radical (unpaired) electrons. The second-order valence-electron chi connectivity index (χ2n) is 5.41. The lowest BCUT2D eigenvalue weighted by Gasteiger charge is -2.24. The van der Waals surface area contributed by atoms with Gasteiger partial charge in [-0.3, -0.25) is 9.69 Å². The van der Waals surface area contributed by atoms with Gasteiger partial charge >= 0.3 is 0 Å².